The number of hydrogen-bond donors (Lipinski definition) is 0. The zero-order valence-corrected chi connectivity index (χ0v) is 45.4. The lowest BCUT2D eigenvalue weighted by Gasteiger charge is -2.35. The van der Waals surface area contributed by atoms with Crippen LogP contribution < -0.4 is 0 Å². The maximum Gasteiger partial charge on any atom is 0.516 e. The van der Waals surface area contributed by atoms with Gasteiger partial charge in [-0.1, -0.05) is 316 Å². The molecule has 0 saturated heterocycles. The van der Waals surface area contributed by atoms with Crippen molar-refractivity contribution in [3.63, 3.8) is 0 Å². The number of carbonyl (C=O) groups excluding carboxylic acids is 1. The molecular formula is C61H124NO2+. The number of ether oxygens (including phenoxy) is 1. The molecule has 64 heavy (non-hydrogen) atoms. The highest BCUT2D eigenvalue weighted by molar-refractivity contribution is 5.59. The largest absolute Gasteiger partial charge is 0.516 e. The summed E-state index contributed by atoms with van der Waals surface area (Å²) in [6.45, 7) is 12.4. The molecule has 0 bridgehead atoms. The van der Waals surface area contributed by atoms with Crippen LogP contribution in [0.3, 0.4) is 0 Å². The van der Waals surface area contributed by atoms with Gasteiger partial charge in [0, 0.05) is 0 Å². The molecule has 0 aromatic heterocycles. The van der Waals surface area contributed by atoms with Crippen molar-refractivity contribution in [1.29, 1.82) is 0 Å². The van der Waals surface area contributed by atoms with Crippen LogP contribution in [-0.4, -0.2) is 36.8 Å². The highest BCUT2D eigenvalue weighted by Crippen LogP contribution is 2.22. The lowest BCUT2D eigenvalue weighted by Crippen LogP contribution is -2.55. The first-order chi connectivity index (χ1) is 31.7. The van der Waals surface area contributed by atoms with Crippen LogP contribution in [0, 0.1) is 0 Å². The van der Waals surface area contributed by atoms with Gasteiger partial charge in [-0.3, -0.25) is 0 Å². The van der Waals surface area contributed by atoms with E-state index in [1.807, 2.05) is 6.92 Å². The summed E-state index contributed by atoms with van der Waals surface area (Å²) in [6, 6.07) is 0. The van der Waals surface area contributed by atoms with Crippen molar-refractivity contribution in [2.75, 3.05) is 26.2 Å². The Morgan fingerprint density at radius 2 is 0.375 bits per heavy atom. The molecule has 0 aliphatic rings. The number of rotatable bonds is 56. The van der Waals surface area contributed by atoms with Crippen LogP contribution in [0.25, 0.3) is 0 Å². The first-order valence-electron chi connectivity index (χ1n) is 30.7. The van der Waals surface area contributed by atoms with Gasteiger partial charge < -0.3 is 4.74 Å². The molecule has 0 spiro atoms. The Bertz CT molecular complexity index is 821. The SMILES string of the molecule is CCCCCCCCCCCCCCCCCCCCCC[N+](CCCCCCCCCCCCCCCCCC)(CCCCCCCCCCCCCCCCCC)C(=O)OCC. The van der Waals surface area contributed by atoms with Crippen LogP contribution >= 0.6 is 0 Å². The van der Waals surface area contributed by atoms with Gasteiger partial charge in [0.1, 0.15) is 0 Å². The first kappa shape index (κ1) is 63.4. The van der Waals surface area contributed by atoms with E-state index in [1.54, 1.807) is 0 Å². The summed E-state index contributed by atoms with van der Waals surface area (Å²) in [5.74, 6) is 0. The van der Waals surface area contributed by atoms with E-state index in [1.165, 1.54) is 334 Å². The molecule has 0 radical (unpaired) electrons. The third-order valence-corrected chi connectivity index (χ3v) is 15.0. The normalized spacial score (nSPS) is 11.9. The third-order valence-electron chi connectivity index (χ3n) is 15.0. The summed E-state index contributed by atoms with van der Waals surface area (Å²) in [5, 5.41) is 0. The molecule has 0 aromatic carbocycles. The Morgan fingerprint density at radius 3 is 0.516 bits per heavy atom. The van der Waals surface area contributed by atoms with E-state index in [9.17, 15) is 4.79 Å². The molecule has 0 aliphatic heterocycles. The van der Waals surface area contributed by atoms with Gasteiger partial charge in [0.15, 0.2) is 0 Å². The van der Waals surface area contributed by atoms with E-state index in [4.69, 9.17) is 4.74 Å². The zero-order valence-electron chi connectivity index (χ0n) is 45.4. The quantitative estimate of drug-likeness (QED) is 0.0449. The fourth-order valence-corrected chi connectivity index (χ4v) is 10.5. The Hall–Kier alpha value is -0.570. The summed E-state index contributed by atoms with van der Waals surface area (Å²) in [5.41, 5.74) is 0. The summed E-state index contributed by atoms with van der Waals surface area (Å²) < 4.78 is 6.50. The summed E-state index contributed by atoms with van der Waals surface area (Å²) in [6.07, 6.45) is 72.9. The van der Waals surface area contributed by atoms with Crippen LogP contribution in [0.1, 0.15) is 362 Å². The number of nitrogens with zero attached hydrogens (tertiary/aromatic N) is 1. The third kappa shape index (κ3) is 46.5. The first-order valence-corrected chi connectivity index (χ1v) is 30.7. The maximum atomic E-state index is 13.8. The number of hydrogen-bond acceptors (Lipinski definition) is 2. The number of carbonyl (C=O) groups is 1. The standard InChI is InChI=1S/C61H124NO2/c1-5-9-12-15-18-21-24-27-30-33-34-35-36-39-42-45-48-51-54-57-60-62(61(63)64-8-4,58-55-52-49-46-43-40-37-31-28-25-22-19-16-13-10-6-2)59-56-53-50-47-44-41-38-32-29-26-23-20-17-14-11-7-3/h5-60H2,1-4H3/q+1. The average molecular weight is 904 g/mol. The smallest absolute Gasteiger partial charge is 0.420 e. The van der Waals surface area contributed by atoms with Gasteiger partial charge in [-0.15, -0.1) is 0 Å². The predicted molar refractivity (Wildman–Crippen MR) is 289 cm³/mol. The molecule has 384 valence electrons. The molecule has 0 fully saturated rings. The molecule has 0 saturated carbocycles. The fourth-order valence-electron chi connectivity index (χ4n) is 10.5. The van der Waals surface area contributed by atoms with Crippen LogP contribution in [0.2, 0.25) is 0 Å². The number of unbranched alkanes of at least 4 members (excludes halogenated alkanes) is 49. The van der Waals surface area contributed by atoms with Crippen LogP contribution in [0.4, 0.5) is 4.79 Å². The molecule has 0 N–H and O–H groups in total. The molecule has 3 heteroatoms. The van der Waals surface area contributed by atoms with Crippen molar-refractivity contribution in [3.8, 4) is 0 Å². The highest BCUT2D eigenvalue weighted by atomic mass is 16.6. The molecular weight excluding hydrogens is 779 g/mol. The Morgan fingerprint density at radius 1 is 0.234 bits per heavy atom. The van der Waals surface area contributed by atoms with E-state index in [0.29, 0.717) is 11.1 Å². The second kappa shape index (κ2) is 55.0. The van der Waals surface area contributed by atoms with Crippen molar-refractivity contribution in [2.24, 2.45) is 0 Å². The minimum Gasteiger partial charge on any atom is -0.420 e. The second-order valence-corrected chi connectivity index (χ2v) is 21.3. The summed E-state index contributed by atoms with van der Waals surface area (Å²) in [7, 11) is 0. The molecule has 1 amide bonds. The Kier molecular flexibility index (Phi) is 54.5. The van der Waals surface area contributed by atoms with Crippen molar-refractivity contribution in [1.82, 2.24) is 0 Å². The van der Waals surface area contributed by atoms with E-state index in [0.717, 1.165) is 19.6 Å². The van der Waals surface area contributed by atoms with Crippen LogP contribution in [0.15, 0.2) is 0 Å². The molecule has 0 rings (SSSR count). The van der Waals surface area contributed by atoms with E-state index >= 15 is 0 Å². The molecule has 3 nitrogen and oxygen atoms in total. The lowest BCUT2D eigenvalue weighted by atomic mass is 10.0. The van der Waals surface area contributed by atoms with Gasteiger partial charge in [0.2, 0.25) is 0 Å². The minimum atomic E-state index is 0.0854. The topological polar surface area (TPSA) is 26.3 Å². The van der Waals surface area contributed by atoms with Gasteiger partial charge in [-0.25, -0.2) is 4.48 Å². The minimum absolute atomic E-state index is 0.0854. The number of quaternary nitrogens is 1. The van der Waals surface area contributed by atoms with Gasteiger partial charge in [0.05, 0.1) is 26.2 Å². The Labute approximate surface area is 406 Å². The number of amides is 1. The van der Waals surface area contributed by atoms with Crippen molar-refractivity contribution in [2.45, 2.75) is 362 Å². The van der Waals surface area contributed by atoms with Gasteiger partial charge in [0.25, 0.3) is 0 Å². The van der Waals surface area contributed by atoms with E-state index < -0.39 is 0 Å². The van der Waals surface area contributed by atoms with E-state index in [2.05, 4.69) is 20.8 Å². The molecule has 0 atom stereocenters. The van der Waals surface area contributed by atoms with Crippen LogP contribution in [-0.2, 0) is 4.74 Å². The van der Waals surface area contributed by atoms with Crippen molar-refractivity contribution >= 4 is 6.09 Å². The van der Waals surface area contributed by atoms with Gasteiger partial charge in [-0.2, -0.15) is 4.79 Å². The highest BCUT2D eigenvalue weighted by Gasteiger charge is 2.37. The van der Waals surface area contributed by atoms with E-state index in [-0.39, 0.29) is 6.09 Å². The van der Waals surface area contributed by atoms with Crippen molar-refractivity contribution in [3.05, 3.63) is 0 Å². The van der Waals surface area contributed by atoms with Gasteiger partial charge >= 0.3 is 6.09 Å². The average Bonchev–Trinajstić information content (AvgIpc) is 3.30. The fraction of sp³-hybridized carbons (Fsp3) is 0.984. The van der Waals surface area contributed by atoms with Crippen LogP contribution in [0.5, 0.6) is 0 Å². The second-order valence-electron chi connectivity index (χ2n) is 21.3. The maximum absolute atomic E-state index is 13.8. The summed E-state index contributed by atoms with van der Waals surface area (Å²) in [4.78, 5) is 13.8. The monoisotopic (exact) mass is 903 g/mol. The lowest BCUT2D eigenvalue weighted by molar-refractivity contribution is -0.858. The predicted octanol–water partition coefficient (Wildman–Crippen LogP) is 22.3. The van der Waals surface area contributed by atoms with Gasteiger partial charge in [-0.05, 0) is 45.4 Å². The molecule has 0 aliphatic carbocycles. The summed E-state index contributed by atoms with van der Waals surface area (Å²) >= 11 is 0. The zero-order chi connectivity index (χ0) is 46.4. The molecule has 0 aromatic rings. The molecule has 0 unspecified atom stereocenters. The Balaban J connectivity index is 4.49. The van der Waals surface area contributed by atoms with Crippen molar-refractivity contribution < 1.29 is 14.0 Å². The molecule has 0 heterocycles.